The molecule has 5 radical (unpaired) electrons. The first-order chi connectivity index (χ1) is 15.2. The zero-order chi connectivity index (χ0) is 25.4. The zero-order valence-corrected chi connectivity index (χ0v) is 21.9. The number of rotatable bonds is 5. The van der Waals surface area contributed by atoms with Crippen molar-refractivity contribution in [3.8, 4) is 12.1 Å². The fourth-order valence-electron chi connectivity index (χ4n) is 2.44. The van der Waals surface area contributed by atoms with Gasteiger partial charge in [0.05, 0.1) is 12.1 Å². The molecule has 185 valence electrons. The van der Waals surface area contributed by atoms with Crippen molar-refractivity contribution in [2.45, 2.75) is 20.3 Å². The molecule has 0 bridgehead atoms. The van der Waals surface area contributed by atoms with Crippen LogP contribution in [-0.2, 0) is 19.5 Å². The maximum absolute atomic E-state index is 10.7. The number of benzene rings is 2. The normalized spacial score (nSPS) is 14.6. The topological polar surface area (TPSA) is 47.6 Å². The van der Waals surface area contributed by atoms with Crippen molar-refractivity contribution in [3.05, 3.63) is 92.3 Å². The summed E-state index contributed by atoms with van der Waals surface area (Å²) in [4.78, 5) is 0. The largest absolute Gasteiger partial charge is 2.00 e. The predicted octanol–water partition coefficient (Wildman–Crippen LogP) is 8.35. The van der Waals surface area contributed by atoms with Crippen LogP contribution in [0.15, 0.2) is 60.7 Å². The maximum atomic E-state index is 9.87. The molecule has 34 heavy (non-hydrogen) atoms. The summed E-state index contributed by atoms with van der Waals surface area (Å²) < 4.78 is 59.2. The van der Waals surface area contributed by atoms with Gasteiger partial charge in [-0.2, -0.15) is 10.5 Å². The van der Waals surface area contributed by atoms with E-state index in [4.69, 9.17) is 10.5 Å². The fraction of sp³-hybridized carbons (Fsp3) is 0.174. The molecule has 0 aliphatic heterocycles. The molecule has 11 heteroatoms. The Balaban J connectivity index is 0. The first-order valence-electron chi connectivity index (χ1n) is 9.48. The molecule has 1 aliphatic rings. The average Bonchev–Trinajstić information content (AvgIpc) is 3.22. The minimum Gasteiger partial charge on any atom is -0.0622 e. The van der Waals surface area contributed by atoms with Crippen molar-refractivity contribution in [2.24, 2.45) is 0 Å². The van der Waals surface area contributed by atoms with E-state index >= 15 is 0 Å². The molecule has 0 amide bonds. The second-order valence-corrected chi connectivity index (χ2v) is 10.5. The molecule has 1 aliphatic carbocycles. The summed E-state index contributed by atoms with van der Waals surface area (Å²) >= 11 is 0. The van der Waals surface area contributed by atoms with Crippen LogP contribution in [0.1, 0.15) is 20.3 Å². The van der Waals surface area contributed by atoms with Gasteiger partial charge in [-0.1, -0.05) is 60.7 Å². The van der Waals surface area contributed by atoms with E-state index in [1.807, 2.05) is 0 Å². The summed E-state index contributed by atoms with van der Waals surface area (Å²) in [6, 6.07) is 25.4. The van der Waals surface area contributed by atoms with Gasteiger partial charge in [-0.25, -0.2) is 0 Å². The molecule has 0 aromatic heterocycles. The number of nitrogens with zero attached hydrogens (tertiary/aromatic N) is 2. The van der Waals surface area contributed by atoms with E-state index in [1.165, 1.54) is 36.5 Å². The molecule has 2 aromatic carbocycles. The number of nitriles is 2. The smallest absolute Gasteiger partial charge is 0.0622 e. The third kappa shape index (κ3) is 22.3. The summed E-state index contributed by atoms with van der Waals surface area (Å²) in [5.74, 6) is 1.45. The van der Waals surface area contributed by atoms with Crippen molar-refractivity contribution >= 4 is 26.3 Å². The zero-order valence-electron chi connectivity index (χ0n) is 18.4. The van der Waals surface area contributed by atoms with Gasteiger partial charge in [0, 0.05) is 13.8 Å². The van der Waals surface area contributed by atoms with Crippen LogP contribution in [-0.4, -0.2) is 6.16 Å². The minimum absolute atomic E-state index is 0. The first kappa shape index (κ1) is 34.6. The molecular formula is C23H24F6N2P2Ru+. The van der Waals surface area contributed by atoms with Gasteiger partial charge in [0.1, 0.15) is 0 Å². The van der Waals surface area contributed by atoms with Gasteiger partial charge in [-0.3, -0.25) is 0 Å². The van der Waals surface area contributed by atoms with Gasteiger partial charge >= 0.3 is 52.5 Å². The molecule has 1 fully saturated rings. The Kier molecular flexibility index (Phi) is 15.8. The van der Waals surface area contributed by atoms with Crippen LogP contribution in [0.5, 0.6) is 0 Å². The van der Waals surface area contributed by atoms with Crippen molar-refractivity contribution in [1.82, 2.24) is 0 Å². The summed E-state index contributed by atoms with van der Waals surface area (Å²) in [5.41, 5.74) is 0. The van der Waals surface area contributed by atoms with Gasteiger partial charge in [-0.15, -0.1) is 0 Å². The van der Waals surface area contributed by atoms with Gasteiger partial charge in [0.25, 0.3) is 0 Å². The van der Waals surface area contributed by atoms with E-state index < -0.39 is 7.81 Å². The van der Waals surface area contributed by atoms with Crippen LogP contribution in [0.3, 0.4) is 0 Å². The predicted molar refractivity (Wildman–Crippen MR) is 125 cm³/mol. The Bertz CT molecular complexity index is 814. The van der Waals surface area contributed by atoms with Crippen molar-refractivity contribution in [1.29, 1.82) is 10.5 Å². The molecule has 0 heterocycles. The third-order valence-corrected chi connectivity index (χ3v) is 6.01. The summed E-state index contributed by atoms with van der Waals surface area (Å²) in [7, 11) is -10.9. The maximum Gasteiger partial charge on any atom is 2.00 e. The number of halogens is 6. The van der Waals surface area contributed by atoms with E-state index in [-0.39, 0.29) is 27.4 Å². The monoisotopic (exact) mass is 606 g/mol. The molecule has 0 N–H and O–H groups in total. The van der Waals surface area contributed by atoms with Crippen LogP contribution in [0, 0.1) is 54.3 Å². The SMILES string of the molecule is CC#N.CC#N.F[P-](F)(F)(F)(F)F.[CH]1[CH][CH][C](CCP(c2ccccc2)c2ccccc2)[CH]1.[Ru+2]. The molecular weight excluding hydrogens is 581 g/mol. The molecule has 0 spiro atoms. The molecule has 2 nitrogen and oxygen atoms in total. The van der Waals surface area contributed by atoms with E-state index in [2.05, 4.69) is 86.3 Å². The minimum atomic E-state index is -10.7. The van der Waals surface area contributed by atoms with Crippen LogP contribution in [0.25, 0.3) is 0 Å². The second-order valence-electron chi connectivity index (χ2n) is 6.27. The van der Waals surface area contributed by atoms with Crippen LogP contribution < -0.4 is 10.6 Å². The Morgan fingerprint density at radius 3 is 1.29 bits per heavy atom. The van der Waals surface area contributed by atoms with Gasteiger partial charge in [-0.05, 0) is 62.7 Å². The van der Waals surface area contributed by atoms with Crippen LogP contribution in [0.4, 0.5) is 25.2 Å². The fourth-order valence-corrected chi connectivity index (χ4v) is 4.80. The Morgan fingerprint density at radius 1 is 0.706 bits per heavy atom. The Labute approximate surface area is 212 Å². The van der Waals surface area contributed by atoms with Crippen molar-refractivity contribution in [3.63, 3.8) is 0 Å². The molecule has 1 saturated carbocycles. The molecule has 0 saturated heterocycles. The van der Waals surface area contributed by atoms with Crippen LogP contribution in [0.2, 0.25) is 0 Å². The van der Waals surface area contributed by atoms with Crippen molar-refractivity contribution < 1.29 is 44.7 Å². The standard InChI is InChI=1S/C19H18P.2C2H3N.F6P.Ru/c1-3-11-18(12-4-1)20(19-13-5-2-6-14-19)16-15-17-9-7-8-10-17;2*1-2-3;1-7(2,3,4,5)6;/h1-14H,15-16H2;2*1H3;;/q;;;-1;+2. The second kappa shape index (κ2) is 15.5. The summed E-state index contributed by atoms with van der Waals surface area (Å²) in [5, 5.41) is 17.6. The average molecular weight is 605 g/mol. The number of hydrogen-bond acceptors (Lipinski definition) is 2. The Morgan fingerprint density at radius 2 is 1.00 bits per heavy atom. The Hall–Kier alpha value is -1.52. The quantitative estimate of drug-likeness (QED) is 0.195. The van der Waals surface area contributed by atoms with E-state index in [0.717, 1.165) is 6.42 Å². The van der Waals surface area contributed by atoms with Crippen molar-refractivity contribution in [2.75, 3.05) is 6.16 Å². The summed E-state index contributed by atoms with van der Waals surface area (Å²) in [6.45, 7) is 2.86. The van der Waals surface area contributed by atoms with E-state index in [1.54, 1.807) is 12.1 Å². The van der Waals surface area contributed by atoms with Gasteiger partial charge < -0.3 is 0 Å². The molecule has 3 rings (SSSR count). The number of hydrogen-bond donors (Lipinski definition) is 0. The molecule has 2 aromatic rings. The van der Waals surface area contributed by atoms with Gasteiger partial charge in [0.15, 0.2) is 0 Å². The third-order valence-electron chi connectivity index (χ3n) is 3.49. The first-order valence-corrected chi connectivity index (χ1v) is 13.0. The molecule has 0 atom stereocenters. The van der Waals surface area contributed by atoms with Gasteiger partial charge in [0.2, 0.25) is 0 Å². The van der Waals surface area contributed by atoms with Crippen LogP contribution >= 0.6 is 15.7 Å². The molecule has 0 unspecified atom stereocenters. The summed E-state index contributed by atoms with van der Waals surface area (Å²) in [6.07, 6.45) is 11.1. The van der Waals surface area contributed by atoms with E-state index in [9.17, 15) is 25.2 Å². The van der Waals surface area contributed by atoms with E-state index in [0.29, 0.717) is 0 Å².